The zero-order valence-corrected chi connectivity index (χ0v) is 11.4. The highest BCUT2D eigenvalue weighted by Crippen LogP contribution is 2.22. The lowest BCUT2D eigenvalue weighted by atomic mass is 10.0. The van der Waals surface area contributed by atoms with Crippen LogP contribution in [0.4, 0.5) is 4.39 Å². The molecule has 0 aliphatic carbocycles. The topological polar surface area (TPSA) is 30.0 Å². The van der Waals surface area contributed by atoms with Gasteiger partial charge in [0.1, 0.15) is 5.82 Å². The average Bonchev–Trinajstić information content (AvgIpc) is 2.35. The summed E-state index contributed by atoms with van der Waals surface area (Å²) in [6.07, 6.45) is 1.77. The van der Waals surface area contributed by atoms with Gasteiger partial charge in [0.05, 0.1) is 4.47 Å². The molecule has 4 heteroatoms. The van der Waals surface area contributed by atoms with Crippen LogP contribution in [0.3, 0.4) is 0 Å². The summed E-state index contributed by atoms with van der Waals surface area (Å²) in [7, 11) is 0. The molecule has 0 atom stereocenters. The number of benzene rings is 1. The number of carbonyl (C=O) groups is 1. The predicted molar refractivity (Wildman–Crippen MR) is 71.1 cm³/mol. The Morgan fingerprint density at radius 3 is 2.89 bits per heavy atom. The maximum Gasteiger partial charge on any atom is 0.167 e. The number of pyridine rings is 1. The van der Waals surface area contributed by atoms with Crippen molar-refractivity contribution < 1.29 is 9.18 Å². The van der Waals surface area contributed by atoms with Crippen molar-refractivity contribution in [2.45, 2.75) is 13.3 Å². The molecule has 0 saturated carbocycles. The summed E-state index contributed by atoms with van der Waals surface area (Å²) in [5.74, 6) is -0.405. The molecule has 2 aromatic rings. The van der Waals surface area contributed by atoms with E-state index in [-0.39, 0.29) is 18.0 Å². The lowest BCUT2D eigenvalue weighted by molar-refractivity contribution is 0.0992. The lowest BCUT2D eigenvalue weighted by Gasteiger charge is -2.05. The Balaban J connectivity index is 2.24. The summed E-state index contributed by atoms with van der Waals surface area (Å²) in [5.41, 5.74) is 2.03. The molecular formula is C14H11BrFNO. The number of Topliss-reactive ketones (excluding diaryl/α,β-unsaturated/α-hetero) is 1. The monoisotopic (exact) mass is 307 g/mol. The molecule has 1 aromatic carbocycles. The molecule has 0 saturated heterocycles. The quantitative estimate of drug-likeness (QED) is 0.809. The highest BCUT2D eigenvalue weighted by atomic mass is 79.9. The molecule has 1 heterocycles. The van der Waals surface area contributed by atoms with E-state index in [0.29, 0.717) is 15.6 Å². The van der Waals surface area contributed by atoms with E-state index in [1.165, 1.54) is 6.07 Å². The molecule has 0 amide bonds. The molecule has 0 spiro atoms. The van der Waals surface area contributed by atoms with Gasteiger partial charge in [-0.2, -0.15) is 0 Å². The van der Waals surface area contributed by atoms with Crippen molar-refractivity contribution >= 4 is 21.7 Å². The maximum atomic E-state index is 13.3. The second-order valence-electron chi connectivity index (χ2n) is 4.00. The summed E-state index contributed by atoms with van der Waals surface area (Å²) in [6, 6.07) is 8.09. The van der Waals surface area contributed by atoms with Gasteiger partial charge in [0.2, 0.25) is 0 Å². The van der Waals surface area contributed by atoms with E-state index in [4.69, 9.17) is 0 Å². The van der Waals surface area contributed by atoms with Crippen LogP contribution in [-0.2, 0) is 6.42 Å². The van der Waals surface area contributed by atoms with E-state index in [0.717, 1.165) is 5.69 Å². The SMILES string of the molecule is Cc1cc(C(=O)Cc2cccc(F)c2Br)ccn1. The first-order valence-corrected chi connectivity index (χ1v) is 6.26. The van der Waals surface area contributed by atoms with Crippen LogP contribution in [-0.4, -0.2) is 10.8 Å². The zero-order chi connectivity index (χ0) is 13.1. The van der Waals surface area contributed by atoms with E-state index in [1.807, 2.05) is 6.92 Å². The number of nitrogens with zero attached hydrogens (tertiary/aromatic N) is 1. The molecule has 1 aromatic heterocycles. The zero-order valence-electron chi connectivity index (χ0n) is 9.78. The molecule has 0 radical (unpaired) electrons. The second kappa shape index (κ2) is 5.40. The van der Waals surface area contributed by atoms with E-state index in [2.05, 4.69) is 20.9 Å². The van der Waals surface area contributed by atoms with Gasteiger partial charge < -0.3 is 0 Å². The van der Waals surface area contributed by atoms with Crippen LogP contribution >= 0.6 is 15.9 Å². The predicted octanol–water partition coefficient (Wildman–Crippen LogP) is 3.72. The van der Waals surface area contributed by atoms with Crippen LogP contribution in [0.2, 0.25) is 0 Å². The molecule has 0 fully saturated rings. The van der Waals surface area contributed by atoms with Crippen molar-refractivity contribution in [3.05, 3.63) is 63.6 Å². The van der Waals surface area contributed by atoms with Crippen molar-refractivity contribution in [3.63, 3.8) is 0 Å². The Kier molecular flexibility index (Phi) is 3.87. The fraction of sp³-hybridized carbons (Fsp3) is 0.143. The number of hydrogen-bond acceptors (Lipinski definition) is 2. The molecule has 0 bridgehead atoms. The smallest absolute Gasteiger partial charge is 0.167 e. The number of rotatable bonds is 3. The molecule has 0 aliphatic heterocycles. The van der Waals surface area contributed by atoms with Gasteiger partial charge in [-0.1, -0.05) is 12.1 Å². The Labute approximate surface area is 113 Å². The molecule has 0 aliphatic rings. The van der Waals surface area contributed by atoms with Crippen molar-refractivity contribution in [2.75, 3.05) is 0 Å². The normalized spacial score (nSPS) is 10.4. The van der Waals surface area contributed by atoms with Gasteiger partial charge in [-0.3, -0.25) is 9.78 Å². The number of aromatic nitrogens is 1. The fourth-order valence-corrected chi connectivity index (χ4v) is 2.08. The Morgan fingerprint density at radius 1 is 1.39 bits per heavy atom. The van der Waals surface area contributed by atoms with Crippen LogP contribution in [0.15, 0.2) is 41.0 Å². The number of halogens is 2. The van der Waals surface area contributed by atoms with Gasteiger partial charge >= 0.3 is 0 Å². The van der Waals surface area contributed by atoms with Crippen LogP contribution in [0.5, 0.6) is 0 Å². The first-order chi connectivity index (χ1) is 8.58. The van der Waals surface area contributed by atoms with Crippen LogP contribution in [0, 0.1) is 12.7 Å². The summed E-state index contributed by atoms with van der Waals surface area (Å²) in [4.78, 5) is 16.1. The van der Waals surface area contributed by atoms with Crippen LogP contribution < -0.4 is 0 Å². The highest BCUT2D eigenvalue weighted by Gasteiger charge is 2.11. The third-order valence-electron chi connectivity index (χ3n) is 2.60. The molecule has 92 valence electrons. The molecular weight excluding hydrogens is 297 g/mol. The Hall–Kier alpha value is -1.55. The molecule has 0 unspecified atom stereocenters. The van der Waals surface area contributed by atoms with Gasteiger partial charge in [-0.05, 0) is 46.6 Å². The van der Waals surface area contributed by atoms with E-state index >= 15 is 0 Å². The highest BCUT2D eigenvalue weighted by molar-refractivity contribution is 9.10. The van der Waals surface area contributed by atoms with Gasteiger partial charge in [0.15, 0.2) is 5.78 Å². The van der Waals surface area contributed by atoms with Gasteiger partial charge in [-0.15, -0.1) is 0 Å². The number of aryl methyl sites for hydroxylation is 1. The van der Waals surface area contributed by atoms with Crippen molar-refractivity contribution in [2.24, 2.45) is 0 Å². The Morgan fingerprint density at radius 2 is 2.17 bits per heavy atom. The number of hydrogen-bond donors (Lipinski definition) is 0. The lowest BCUT2D eigenvalue weighted by Crippen LogP contribution is -2.05. The summed E-state index contributed by atoms with van der Waals surface area (Å²) >= 11 is 3.16. The largest absolute Gasteiger partial charge is 0.294 e. The van der Waals surface area contributed by atoms with Gasteiger partial charge in [0.25, 0.3) is 0 Å². The van der Waals surface area contributed by atoms with Crippen molar-refractivity contribution in [1.82, 2.24) is 4.98 Å². The van der Waals surface area contributed by atoms with E-state index in [9.17, 15) is 9.18 Å². The van der Waals surface area contributed by atoms with E-state index < -0.39 is 0 Å². The first-order valence-electron chi connectivity index (χ1n) is 5.46. The molecule has 0 N–H and O–H groups in total. The summed E-state index contributed by atoms with van der Waals surface area (Å²) in [5, 5.41) is 0. The second-order valence-corrected chi connectivity index (χ2v) is 4.79. The third kappa shape index (κ3) is 2.82. The summed E-state index contributed by atoms with van der Waals surface area (Å²) < 4.78 is 13.7. The molecule has 18 heavy (non-hydrogen) atoms. The van der Waals surface area contributed by atoms with Crippen LogP contribution in [0.25, 0.3) is 0 Å². The third-order valence-corrected chi connectivity index (χ3v) is 3.49. The standard InChI is InChI=1S/C14H11BrFNO/c1-9-7-10(5-6-17-9)13(18)8-11-3-2-4-12(16)14(11)15/h2-7H,8H2,1H3. The maximum absolute atomic E-state index is 13.3. The number of ketones is 1. The summed E-state index contributed by atoms with van der Waals surface area (Å²) in [6.45, 7) is 1.83. The van der Waals surface area contributed by atoms with Crippen molar-refractivity contribution in [1.29, 1.82) is 0 Å². The average molecular weight is 308 g/mol. The molecule has 2 rings (SSSR count). The van der Waals surface area contributed by atoms with Gasteiger partial charge in [-0.25, -0.2) is 4.39 Å². The van der Waals surface area contributed by atoms with Gasteiger partial charge in [0, 0.05) is 23.9 Å². The Bertz CT molecular complexity index is 598. The number of carbonyl (C=O) groups excluding carboxylic acids is 1. The van der Waals surface area contributed by atoms with E-state index in [1.54, 1.807) is 30.5 Å². The minimum Gasteiger partial charge on any atom is -0.294 e. The fourth-order valence-electron chi connectivity index (χ4n) is 1.68. The molecule has 2 nitrogen and oxygen atoms in total. The van der Waals surface area contributed by atoms with Crippen molar-refractivity contribution in [3.8, 4) is 0 Å². The minimum atomic E-state index is -0.355. The first kappa shape index (κ1) is 12.9. The minimum absolute atomic E-state index is 0.0493. The van der Waals surface area contributed by atoms with Crippen LogP contribution in [0.1, 0.15) is 21.6 Å².